The van der Waals surface area contributed by atoms with Gasteiger partial charge in [0.2, 0.25) is 0 Å². The second-order valence-corrected chi connectivity index (χ2v) is 4.39. The van der Waals surface area contributed by atoms with E-state index in [-0.39, 0.29) is 12.2 Å². The lowest BCUT2D eigenvalue weighted by atomic mass is 10.1. The lowest BCUT2D eigenvalue weighted by Crippen LogP contribution is -2.26. The molecule has 5 heteroatoms. The van der Waals surface area contributed by atoms with Gasteiger partial charge in [0.15, 0.2) is 0 Å². The molecule has 0 spiro atoms. The zero-order valence-electron chi connectivity index (χ0n) is 10.3. The van der Waals surface area contributed by atoms with E-state index in [0.29, 0.717) is 25.6 Å². The summed E-state index contributed by atoms with van der Waals surface area (Å²) in [6.45, 7) is 3.66. The zero-order chi connectivity index (χ0) is 13.0. The Bertz CT molecular complexity index is 407. The summed E-state index contributed by atoms with van der Waals surface area (Å²) in [7, 11) is 0. The first-order valence-corrected chi connectivity index (χ1v) is 6.52. The number of nitrogens with zero attached hydrogens (tertiary/aromatic N) is 1. The summed E-state index contributed by atoms with van der Waals surface area (Å²) in [6.07, 6.45) is -0.508. The zero-order valence-corrected chi connectivity index (χ0v) is 11.0. The number of halogens is 1. The quantitative estimate of drug-likeness (QED) is 0.772. The Morgan fingerprint density at radius 2 is 2.17 bits per heavy atom. The number of rotatable bonds is 5. The molecule has 0 aromatic heterocycles. The van der Waals surface area contributed by atoms with Crippen LogP contribution in [-0.4, -0.2) is 36.6 Å². The molecule has 1 aromatic rings. The van der Waals surface area contributed by atoms with Gasteiger partial charge in [0, 0.05) is 12.4 Å². The lowest BCUT2D eigenvalue weighted by Gasteiger charge is -2.11. The molecule has 98 valence electrons. The molecule has 1 heterocycles. The number of amides is 1. The fraction of sp³-hybridized carbons (Fsp3) is 0.462. The minimum atomic E-state index is -0.297. The smallest absolute Gasteiger partial charge is 0.410 e. The van der Waals surface area contributed by atoms with Gasteiger partial charge in [0.1, 0.15) is 11.9 Å². The minimum Gasteiger partial charge on any atom is -0.494 e. The maximum Gasteiger partial charge on any atom is 0.410 e. The molecule has 1 aromatic carbocycles. The Kier molecular flexibility index (Phi) is 4.31. The number of benzene rings is 1. The second-order valence-electron chi connectivity index (χ2n) is 4.01. The predicted octanol–water partition coefficient (Wildman–Crippen LogP) is 2.82. The molecular weight excluding hydrogens is 254 g/mol. The van der Waals surface area contributed by atoms with Crippen molar-refractivity contribution in [1.29, 1.82) is 0 Å². The summed E-state index contributed by atoms with van der Waals surface area (Å²) in [4.78, 5) is 13.2. The van der Waals surface area contributed by atoms with Crippen LogP contribution < -0.4 is 4.74 Å². The number of ether oxygens (including phenoxy) is 2. The van der Waals surface area contributed by atoms with Crippen molar-refractivity contribution in [2.45, 2.75) is 13.0 Å². The first-order chi connectivity index (χ1) is 8.74. The van der Waals surface area contributed by atoms with Gasteiger partial charge in [-0.15, -0.1) is 11.6 Å². The molecule has 1 atom stereocenters. The van der Waals surface area contributed by atoms with Crippen molar-refractivity contribution in [3.05, 3.63) is 29.8 Å². The van der Waals surface area contributed by atoms with Gasteiger partial charge in [-0.05, 0) is 24.6 Å². The van der Waals surface area contributed by atoms with E-state index in [9.17, 15) is 4.79 Å². The summed E-state index contributed by atoms with van der Waals surface area (Å²) < 4.78 is 10.7. The standard InChI is InChI=1S/C13H16ClNO3/c1-2-17-11-5-3-10(4-6-11)12-9-15(8-7-14)13(16)18-12/h3-6,12H,2,7-9H2,1H3. The predicted molar refractivity (Wildman–Crippen MR) is 69.1 cm³/mol. The Morgan fingerprint density at radius 3 is 2.78 bits per heavy atom. The first-order valence-electron chi connectivity index (χ1n) is 5.99. The van der Waals surface area contributed by atoms with E-state index in [2.05, 4.69) is 0 Å². The Morgan fingerprint density at radius 1 is 1.44 bits per heavy atom. The van der Waals surface area contributed by atoms with Crippen LogP contribution in [0.3, 0.4) is 0 Å². The fourth-order valence-electron chi connectivity index (χ4n) is 1.91. The van der Waals surface area contributed by atoms with Crippen LogP contribution in [0.5, 0.6) is 5.75 Å². The highest BCUT2D eigenvalue weighted by Gasteiger charge is 2.31. The van der Waals surface area contributed by atoms with Gasteiger partial charge in [-0.2, -0.15) is 0 Å². The van der Waals surface area contributed by atoms with Crippen molar-refractivity contribution >= 4 is 17.7 Å². The highest BCUT2D eigenvalue weighted by Crippen LogP contribution is 2.27. The molecule has 0 aliphatic carbocycles. The normalized spacial score (nSPS) is 18.9. The minimum absolute atomic E-state index is 0.212. The number of hydrogen-bond acceptors (Lipinski definition) is 3. The van der Waals surface area contributed by atoms with Gasteiger partial charge < -0.3 is 14.4 Å². The van der Waals surface area contributed by atoms with Crippen LogP contribution in [0.4, 0.5) is 4.79 Å². The molecule has 1 aliphatic heterocycles. The van der Waals surface area contributed by atoms with E-state index in [4.69, 9.17) is 21.1 Å². The van der Waals surface area contributed by atoms with E-state index < -0.39 is 0 Å². The third-order valence-corrected chi connectivity index (χ3v) is 2.97. The van der Waals surface area contributed by atoms with Crippen LogP contribution in [0.1, 0.15) is 18.6 Å². The number of cyclic esters (lactones) is 1. The average molecular weight is 270 g/mol. The van der Waals surface area contributed by atoms with Crippen molar-refractivity contribution < 1.29 is 14.3 Å². The average Bonchev–Trinajstić information content (AvgIpc) is 2.73. The molecule has 0 N–H and O–H groups in total. The van der Waals surface area contributed by atoms with Crippen molar-refractivity contribution in [1.82, 2.24) is 4.90 Å². The number of carbonyl (C=O) groups is 1. The molecule has 2 rings (SSSR count). The number of carbonyl (C=O) groups excluding carboxylic acids is 1. The molecule has 1 aliphatic rings. The molecular formula is C13H16ClNO3. The SMILES string of the molecule is CCOc1ccc(C2CN(CCCl)C(=O)O2)cc1. The van der Waals surface area contributed by atoms with Crippen LogP contribution >= 0.6 is 11.6 Å². The van der Waals surface area contributed by atoms with Crippen LogP contribution in [0, 0.1) is 0 Å². The maximum atomic E-state index is 11.5. The topological polar surface area (TPSA) is 38.8 Å². The van der Waals surface area contributed by atoms with E-state index in [1.807, 2.05) is 31.2 Å². The highest BCUT2D eigenvalue weighted by atomic mass is 35.5. The van der Waals surface area contributed by atoms with Gasteiger partial charge in [0.25, 0.3) is 0 Å². The molecule has 1 saturated heterocycles. The number of alkyl halides is 1. The Labute approximate surface area is 111 Å². The first kappa shape index (κ1) is 13.0. The number of hydrogen-bond donors (Lipinski definition) is 0. The van der Waals surface area contributed by atoms with Crippen molar-refractivity contribution in [3.63, 3.8) is 0 Å². The van der Waals surface area contributed by atoms with Crippen molar-refractivity contribution in [2.75, 3.05) is 25.6 Å². The van der Waals surface area contributed by atoms with E-state index in [1.54, 1.807) is 4.90 Å². The van der Waals surface area contributed by atoms with Crippen molar-refractivity contribution in [3.8, 4) is 5.75 Å². The molecule has 0 saturated carbocycles. The third kappa shape index (κ3) is 2.88. The lowest BCUT2D eigenvalue weighted by molar-refractivity contribution is 0.133. The largest absolute Gasteiger partial charge is 0.494 e. The monoisotopic (exact) mass is 269 g/mol. The maximum absolute atomic E-state index is 11.5. The second kappa shape index (κ2) is 5.96. The summed E-state index contributed by atoms with van der Waals surface area (Å²) in [5.41, 5.74) is 0.976. The summed E-state index contributed by atoms with van der Waals surface area (Å²) in [5.74, 6) is 1.24. The van der Waals surface area contributed by atoms with Gasteiger partial charge in [-0.3, -0.25) is 0 Å². The van der Waals surface area contributed by atoms with E-state index in [1.165, 1.54) is 0 Å². The van der Waals surface area contributed by atoms with Gasteiger partial charge >= 0.3 is 6.09 Å². The summed E-state index contributed by atoms with van der Waals surface area (Å²) >= 11 is 5.63. The molecule has 18 heavy (non-hydrogen) atoms. The van der Waals surface area contributed by atoms with Gasteiger partial charge in [0.05, 0.1) is 13.2 Å². The molecule has 1 amide bonds. The third-order valence-electron chi connectivity index (χ3n) is 2.80. The van der Waals surface area contributed by atoms with E-state index >= 15 is 0 Å². The van der Waals surface area contributed by atoms with Crippen LogP contribution in [0.2, 0.25) is 0 Å². The van der Waals surface area contributed by atoms with Crippen LogP contribution in [0.25, 0.3) is 0 Å². The fourth-order valence-corrected chi connectivity index (χ4v) is 2.12. The van der Waals surface area contributed by atoms with E-state index in [0.717, 1.165) is 11.3 Å². The Balaban J connectivity index is 2.02. The summed E-state index contributed by atoms with van der Waals surface area (Å²) in [5, 5.41) is 0. The van der Waals surface area contributed by atoms with Gasteiger partial charge in [-0.1, -0.05) is 12.1 Å². The highest BCUT2D eigenvalue weighted by molar-refractivity contribution is 6.18. The summed E-state index contributed by atoms with van der Waals surface area (Å²) in [6, 6.07) is 7.62. The van der Waals surface area contributed by atoms with Crippen molar-refractivity contribution in [2.24, 2.45) is 0 Å². The molecule has 1 unspecified atom stereocenters. The van der Waals surface area contributed by atoms with Crippen LogP contribution in [-0.2, 0) is 4.74 Å². The van der Waals surface area contributed by atoms with Gasteiger partial charge in [-0.25, -0.2) is 4.79 Å². The molecule has 4 nitrogen and oxygen atoms in total. The molecule has 1 fully saturated rings. The molecule has 0 radical (unpaired) electrons. The Hall–Kier alpha value is -1.42. The van der Waals surface area contributed by atoms with Crippen LogP contribution in [0.15, 0.2) is 24.3 Å². The molecule has 0 bridgehead atoms.